The third kappa shape index (κ3) is 8.03. The van der Waals surface area contributed by atoms with Crippen LogP contribution in [0.15, 0.2) is 12.7 Å². The van der Waals surface area contributed by atoms with Gasteiger partial charge in [-0.15, -0.1) is 6.58 Å². The van der Waals surface area contributed by atoms with Gasteiger partial charge in [-0.25, -0.2) is 0 Å². The molecule has 1 N–H and O–H groups in total. The zero-order valence-corrected chi connectivity index (χ0v) is 13.2. The molecule has 0 spiro atoms. The Hall–Kier alpha value is -0.380. The summed E-state index contributed by atoms with van der Waals surface area (Å²) in [6.07, 6.45) is 10.0. The van der Waals surface area contributed by atoms with E-state index in [2.05, 4.69) is 20.4 Å². The quantitative estimate of drug-likeness (QED) is 0.486. The van der Waals surface area contributed by atoms with E-state index < -0.39 is 0 Å². The summed E-state index contributed by atoms with van der Waals surface area (Å²) >= 11 is 0. The van der Waals surface area contributed by atoms with Crippen LogP contribution in [0.25, 0.3) is 0 Å². The van der Waals surface area contributed by atoms with Crippen LogP contribution in [0, 0.1) is 5.92 Å². The van der Waals surface area contributed by atoms with Crippen LogP contribution in [-0.2, 0) is 9.47 Å². The van der Waals surface area contributed by atoms with E-state index in [4.69, 9.17) is 9.47 Å². The number of hydrogen-bond acceptors (Lipinski definition) is 3. The van der Waals surface area contributed by atoms with Crippen molar-refractivity contribution in [2.24, 2.45) is 5.92 Å². The van der Waals surface area contributed by atoms with Crippen molar-refractivity contribution in [1.29, 1.82) is 0 Å². The van der Waals surface area contributed by atoms with E-state index in [0.29, 0.717) is 5.92 Å². The van der Waals surface area contributed by atoms with Gasteiger partial charge in [-0.2, -0.15) is 0 Å². The Morgan fingerprint density at radius 3 is 2.80 bits per heavy atom. The molecule has 3 nitrogen and oxygen atoms in total. The molecule has 0 amide bonds. The number of ether oxygens (including phenoxy) is 2. The van der Waals surface area contributed by atoms with Gasteiger partial charge < -0.3 is 14.6 Å². The second-order valence-electron chi connectivity index (χ2n) is 6.19. The molecule has 0 saturated carbocycles. The van der Waals surface area contributed by atoms with Crippen molar-refractivity contribution in [3.8, 4) is 0 Å². The summed E-state index contributed by atoms with van der Waals surface area (Å²) in [5.74, 6) is 0.479. The molecule has 0 aromatic carbocycles. The molecule has 0 aliphatic carbocycles. The van der Waals surface area contributed by atoms with Gasteiger partial charge in [0.25, 0.3) is 0 Å². The monoisotopic (exact) mass is 284 g/mol. The molecule has 1 aliphatic rings. The van der Waals surface area contributed by atoms with Crippen molar-refractivity contribution in [1.82, 2.24) is 0 Å². The van der Waals surface area contributed by atoms with Gasteiger partial charge in [0.1, 0.15) is 0 Å². The third-order valence-electron chi connectivity index (χ3n) is 3.88. The molecule has 0 radical (unpaired) electrons. The molecule has 0 aromatic heterocycles. The summed E-state index contributed by atoms with van der Waals surface area (Å²) in [5.41, 5.74) is 0. The molecule has 118 valence electrons. The number of unbranched alkanes of at least 4 members (excludes halogenated alkanes) is 1. The highest BCUT2D eigenvalue weighted by Crippen LogP contribution is 2.21. The molecule has 1 aliphatic heterocycles. The van der Waals surface area contributed by atoms with Gasteiger partial charge in [0.2, 0.25) is 0 Å². The largest absolute Gasteiger partial charge is 0.393 e. The summed E-state index contributed by atoms with van der Waals surface area (Å²) < 4.78 is 11.5. The fraction of sp³-hybridized carbons (Fsp3) is 0.882. The summed E-state index contributed by atoms with van der Waals surface area (Å²) in [6, 6.07) is 0. The molecule has 0 bridgehead atoms. The highest BCUT2D eigenvalue weighted by molar-refractivity contribution is 4.70. The normalized spacial score (nSPS) is 24.1. The van der Waals surface area contributed by atoms with E-state index in [9.17, 15) is 5.11 Å². The van der Waals surface area contributed by atoms with Gasteiger partial charge >= 0.3 is 0 Å². The van der Waals surface area contributed by atoms with Gasteiger partial charge in [0.05, 0.1) is 12.2 Å². The number of aliphatic hydroxyl groups is 1. The molecular formula is C17H32O3. The van der Waals surface area contributed by atoms with Crippen molar-refractivity contribution < 1.29 is 14.6 Å². The Labute approximate surface area is 124 Å². The molecule has 1 saturated heterocycles. The van der Waals surface area contributed by atoms with Crippen molar-refractivity contribution >= 4 is 0 Å². The van der Waals surface area contributed by atoms with E-state index in [1.165, 1.54) is 6.42 Å². The van der Waals surface area contributed by atoms with Crippen LogP contribution in [0.3, 0.4) is 0 Å². The Kier molecular flexibility index (Phi) is 9.16. The zero-order valence-electron chi connectivity index (χ0n) is 13.2. The van der Waals surface area contributed by atoms with E-state index in [1.54, 1.807) is 0 Å². The second kappa shape index (κ2) is 10.4. The lowest BCUT2D eigenvalue weighted by Crippen LogP contribution is -2.28. The van der Waals surface area contributed by atoms with Gasteiger partial charge in [-0.05, 0) is 64.2 Å². The fourth-order valence-corrected chi connectivity index (χ4v) is 2.88. The van der Waals surface area contributed by atoms with Gasteiger partial charge in [0.15, 0.2) is 6.29 Å². The van der Waals surface area contributed by atoms with Crippen LogP contribution in [0.4, 0.5) is 0 Å². The van der Waals surface area contributed by atoms with E-state index in [0.717, 1.165) is 51.6 Å². The molecule has 3 unspecified atom stereocenters. The van der Waals surface area contributed by atoms with Crippen LogP contribution in [0.1, 0.15) is 65.2 Å². The van der Waals surface area contributed by atoms with Crippen molar-refractivity contribution in [3.63, 3.8) is 0 Å². The molecular weight excluding hydrogens is 252 g/mol. The van der Waals surface area contributed by atoms with Crippen LogP contribution < -0.4 is 0 Å². The van der Waals surface area contributed by atoms with Crippen molar-refractivity contribution in [3.05, 3.63) is 12.7 Å². The standard InChI is InChI=1S/C17H32O3/c1-4-5-6-9-16(18)13-14(2)12-15(3)20-17-10-7-8-11-19-17/h4,14-18H,1,5-13H2,2-3H3/t14?,15-,16?,17?/m0/s1. The number of allylic oxidation sites excluding steroid dienone is 1. The Morgan fingerprint density at radius 2 is 2.15 bits per heavy atom. The maximum absolute atomic E-state index is 9.98. The fourth-order valence-electron chi connectivity index (χ4n) is 2.88. The van der Waals surface area contributed by atoms with Gasteiger partial charge in [-0.3, -0.25) is 0 Å². The highest BCUT2D eigenvalue weighted by Gasteiger charge is 2.19. The molecule has 1 heterocycles. The number of aliphatic hydroxyl groups excluding tert-OH is 1. The minimum absolute atomic E-state index is 0.0107. The van der Waals surface area contributed by atoms with Crippen molar-refractivity contribution in [2.45, 2.75) is 83.7 Å². The Balaban J connectivity index is 2.12. The number of hydrogen-bond donors (Lipinski definition) is 1. The average Bonchev–Trinajstić information content (AvgIpc) is 2.39. The lowest BCUT2D eigenvalue weighted by molar-refractivity contribution is -0.187. The second-order valence-corrected chi connectivity index (χ2v) is 6.19. The van der Waals surface area contributed by atoms with Crippen molar-refractivity contribution in [2.75, 3.05) is 6.61 Å². The molecule has 0 aromatic rings. The van der Waals surface area contributed by atoms with Gasteiger partial charge in [0, 0.05) is 6.61 Å². The maximum Gasteiger partial charge on any atom is 0.157 e. The zero-order chi connectivity index (χ0) is 14.8. The third-order valence-corrected chi connectivity index (χ3v) is 3.88. The Morgan fingerprint density at radius 1 is 1.35 bits per heavy atom. The van der Waals surface area contributed by atoms with Crippen LogP contribution in [0.2, 0.25) is 0 Å². The summed E-state index contributed by atoms with van der Waals surface area (Å²) in [6.45, 7) is 8.83. The predicted octanol–water partition coefficient (Wildman–Crippen LogP) is 4.05. The van der Waals surface area contributed by atoms with E-state index >= 15 is 0 Å². The molecule has 1 rings (SSSR count). The molecule has 1 fully saturated rings. The first kappa shape index (κ1) is 17.7. The summed E-state index contributed by atoms with van der Waals surface area (Å²) in [7, 11) is 0. The SMILES string of the molecule is C=CCCCC(O)CC(C)C[C@H](C)OC1CCCCO1. The smallest absolute Gasteiger partial charge is 0.157 e. The maximum atomic E-state index is 9.98. The molecule has 20 heavy (non-hydrogen) atoms. The minimum atomic E-state index is -0.192. The van der Waals surface area contributed by atoms with Crippen LogP contribution >= 0.6 is 0 Å². The first-order valence-corrected chi connectivity index (χ1v) is 8.17. The predicted molar refractivity (Wildman–Crippen MR) is 82.6 cm³/mol. The first-order valence-electron chi connectivity index (χ1n) is 8.17. The van der Waals surface area contributed by atoms with E-state index in [-0.39, 0.29) is 18.5 Å². The van der Waals surface area contributed by atoms with Gasteiger partial charge in [-0.1, -0.05) is 13.0 Å². The first-order chi connectivity index (χ1) is 9.61. The molecule has 3 heteroatoms. The van der Waals surface area contributed by atoms with Crippen LogP contribution in [0.5, 0.6) is 0 Å². The topological polar surface area (TPSA) is 38.7 Å². The summed E-state index contributed by atoms with van der Waals surface area (Å²) in [5, 5.41) is 9.98. The minimum Gasteiger partial charge on any atom is -0.393 e. The Bertz CT molecular complexity index is 249. The highest BCUT2D eigenvalue weighted by atomic mass is 16.7. The number of rotatable bonds is 10. The lowest BCUT2D eigenvalue weighted by atomic mass is 9.95. The summed E-state index contributed by atoms with van der Waals surface area (Å²) in [4.78, 5) is 0. The van der Waals surface area contributed by atoms with E-state index in [1.807, 2.05) is 6.08 Å². The molecule has 4 atom stereocenters. The average molecular weight is 284 g/mol. The van der Waals surface area contributed by atoms with Crippen LogP contribution in [-0.4, -0.2) is 30.2 Å². The lowest BCUT2D eigenvalue weighted by Gasteiger charge is -2.27.